The van der Waals surface area contributed by atoms with E-state index >= 15 is 0 Å². The first kappa shape index (κ1) is 21.9. The van der Waals surface area contributed by atoms with Gasteiger partial charge in [-0.05, 0) is 42.0 Å². The van der Waals surface area contributed by atoms with Crippen LogP contribution in [0.3, 0.4) is 0 Å². The number of imide groups is 1. The van der Waals surface area contributed by atoms with Crippen LogP contribution in [0.5, 0.6) is 11.5 Å². The van der Waals surface area contributed by atoms with Gasteiger partial charge in [0.15, 0.2) is 0 Å². The number of nitrogens with zero attached hydrogens (tertiary/aromatic N) is 1. The normalized spacial score (nSPS) is 14.0. The van der Waals surface area contributed by atoms with Crippen LogP contribution in [0, 0.1) is 0 Å². The minimum Gasteiger partial charge on any atom is -0.495 e. The Morgan fingerprint density at radius 1 is 0.818 bits per heavy atom. The number of hydrogen-bond donors (Lipinski definition) is 1. The first-order valence-corrected chi connectivity index (χ1v) is 9.73. The summed E-state index contributed by atoms with van der Waals surface area (Å²) in [5.74, 6) is -1.28. The third-order valence-electron chi connectivity index (χ3n) is 4.84. The molecule has 1 N–H and O–H groups in total. The highest BCUT2D eigenvalue weighted by atomic mass is 19.4. The summed E-state index contributed by atoms with van der Waals surface area (Å²) >= 11 is 0. The van der Waals surface area contributed by atoms with Crippen molar-refractivity contribution >= 4 is 28.8 Å². The summed E-state index contributed by atoms with van der Waals surface area (Å²) < 4.78 is 46.6. The first-order valence-electron chi connectivity index (χ1n) is 9.73. The van der Waals surface area contributed by atoms with Crippen LogP contribution in [0.1, 0.15) is 5.56 Å². The first-order chi connectivity index (χ1) is 15.8. The summed E-state index contributed by atoms with van der Waals surface area (Å²) in [6.45, 7) is 0. The molecule has 3 aromatic rings. The minimum atomic E-state index is -4.85. The zero-order valence-corrected chi connectivity index (χ0v) is 17.2. The molecule has 0 aliphatic carbocycles. The number of hydrogen-bond acceptors (Lipinski definition) is 5. The van der Waals surface area contributed by atoms with Gasteiger partial charge in [0.25, 0.3) is 11.8 Å². The van der Waals surface area contributed by atoms with Crippen molar-refractivity contribution in [3.05, 3.63) is 90.1 Å². The maximum atomic E-state index is 13.4. The lowest BCUT2D eigenvalue weighted by Crippen LogP contribution is -2.32. The molecule has 1 aliphatic rings. The number of ether oxygens (including phenoxy) is 2. The van der Waals surface area contributed by atoms with Crippen molar-refractivity contribution in [2.24, 2.45) is 0 Å². The standard InChI is InChI=1S/C24H17F3N2O4/c1-32-19-10-6-5-9-18(19)28-21-20(15-7-3-2-4-8-15)22(30)29(23(21)31)16-11-13-17(14-12-16)33-24(25,26)27/h2-14,28H,1H3. The Bertz CT molecular complexity index is 1220. The van der Waals surface area contributed by atoms with Crippen molar-refractivity contribution in [3.63, 3.8) is 0 Å². The topological polar surface area (TPSA) is 67.9 Å². The molecule has 0 atom stereocenters. The third-order valence-corrected chi connectivity index (χ3v) is 4.84. The van der Waals surface area contributed by atoms with Crippen molar-refractivity contribution in [2.75, 3.05) is 17.3 Å². The quantitative estimate of drug-likeness (QED) is 0.532. The summed E-state index contributed by atoms with van der Waals surface area (Å²) in [6.07, 6.45) is -4.85. The summed E-state index contributed by atoms with van der Waals surface area (Å²) in [4.78, 5) is 27.6. The molecule has 0 bridgehead atoms. The maximum absolute atomic E-state index is 13.4. The van der Waals surface area contributed by atoms with Gasteiger partial charge in [0.05, 0.1) is 24.1 Å². The molecule has 2 amide bonds. The maximum Gasteiger partial charge on any atom is 0.573 e. The van der Waals surface area contributed by atoms with Gasteiger partial charge in [-0.1, -0.05) is 42.5 Å². The number of carbonyl (C=O) groups excluding carboxylic acids is 2. The van der Waals surface area contributed by atoms with Gasteiger partial charge in [-0.2, -0.15) is 0 Å². The zero-order chi connectivity index (χ0) is 23.6. The molecule has 3 aromatic carbocycles. The average Bonchev–Trinajstić information content (AvgIpc) is 3.03. The van der Waals surface area contributed by atoms with Gasteiger partial charge in [-0.25, -0.2) is 4.90 Å². The van der Waals surface area contributed by atoms with E-state index in [1.807, 2.05) is 0 Å². The Morgan fingerprint density at radius 3 is 2.09 bits per heavy atom. The van der Waals surface area contributed by atoms with Crippen molar-refractivity contribution in [2.45, 2.75) is 6.36 Å². The summed E-state index contributed by atoms with van der Waals surface area (Å²) in [5, 5.41) is 3.00. The van der Waals surface area contributed by atoms with E-state index in [0.717, 1.165) is 17.0 Å². The molecule has 0 fully saturated rings. The number of rotatable bonds is 6. The van der Waals surface area contributed by atoms with Gasteiger partial charge in [-0.15, -0.1) is 13.2 Å². The molecule has 0 aromatic heterocycles. The summed E-state index contributed by atoms with van der Waals surface area (Å²) in [5.41, 5.74) is 1.23. The monoisotopic (exact) mass is 454 g/mol. The number of alkyl halides is 3. The molecular weight excluding hydrogens is 437 g/mol. The van der Waals surface area contributed by atoms with E-state index in [-0.39, 0.29) is 17.0 Å². The predicted molar refractivity (Wildman–Crippen MR) is 116 cm³/mol. The van der Waals surface area contributed by atoms with Crippen LogP contribution < -0.4 is 19.7 Å². The van der Waals surface area contributed by atoms with Crippen LogP contribution in [0.4, 0.5) is 24.5 Å². The Labute approximate surface area is 186 Å². The van der Waals surface area contributed by atoms with Gasteiger partial charge >= 0.3 is 6.36 Å². The molecule has 9 heteroatoms. The van der Waals surface area contributed by atoms with E-state index in [2.05, 4.69) is 10.1 Å². The molecule has 0 unspecified atom stereocenters. The molecular formula is C24H17F3N2O4. The molecule has 1 aliphatic heterocycles. The minimum absolute atomic E-state index is 0.0197. The van der Waals surface area contributed by atoms with Crippen LogP contribution >= 0.6 is 0 Å². The number of para-hydroxylation sites is 2. The molecule has 0 radical (unpaired) electrons. The highest BCUT2D eigenvalue weighted by molar-refractivity contribution is 6.46. The van der Waals surface area contributed by atoms with E-state index in [0.29, 0.717) is 17.0 Å². The second kappa shape index (κ2) is 8.70. The van der Waals surface area contributed by atoms with Crippen molar-refractivity contribution in [1.29, 1.82) is 0 Å². The largest absolute Gasteiger partial charge is 0.573 e. The van der Waals surface area contributed by atoms with Crippen molar-refractivity contribution in [3.8, 4) is 11.5 Å². The third kappa shape index (κ3) is 4.52. The van der Waals surface area contributed by atoms with E-state index < -0.39 is 23.9 Å². The number of amides is 2. The number of carbonyl (C=O) groups is 2. The van der Waals surface area contributed by atoms with E-state index in [9.17, 15) is 22.8 Å². The van der Waals surface area contributed by atoms with Gasteiger partial charge in [-0.3, -0.25) is 9.59 Å². The lowest BCUT2D eigenvalue weighted by molar-refractivity contribution is -0.274. The smallest absolute Gasteiger partial charge is 0.495 e. The highest BCUT2D eigenvalue weighted by Crippen LogP contribution is 2.36. The molecule has 0 saturated carbocycles. The van der Waals surface area contributed by atoms with Gasteiger partial charge < -0.3 is 14.8 Å². The number of halogens is 3. The van der Waals surface area contributed by atoms with Crippen molar-refractivity contribution < 1.29 is 32.2 Å². The second-order valence-electron chi connectivity index (χ2n) is 6.93. The molecule has 1 heterocycles. The van der Waals surface area contributed by atoms with Crippen LogP contribution in [-0.2, 0) is 9.59 Å². The van der Waals surface area contributed by atoms with Gasteiger partial charge in [0.2, 0.25) is 0 Å². The zero-order valence-electron chi connectivity index (χ0n) is 17.2. The fourth-order valence-corrected chi connectivity index (χ4v) is 3.43. The Morgan fingerprint density at radius 2 is 1.45 bits per heavy atom. The Hall–Kier alpha value is -4.27. The fourth-order valence-electron chi connectivity index (χ4n) is 3.43. The van der Waals surface area contributed by atoms with Crippen LogP contribution in [-0.4, -0.2) is 25.3 Å². The fraction of sp³-hybridized carbons (Fsp3) is 0.0833. The summed E-state index contributed by atoms with van der Waals surface area (Å²) in [6, 6.07) is 20.0. The molecule has 0 saturated heterocycles. The van der Waals surface area contributed by atoms with Crippen LogP contribution in [0.2, 0.25) is 0 Å². The molecule has 33 heavy (non-hydrogen) atoms. The van der Waals surface area contributed by atoms with Gasteiger partial charge in [0, 0.05) is 0 Å². The Kier molecular flexibility index (Phi) is 5.78. The second-order valence-corrected chi connectivity index (χ2v) is 6.93. The molecule has 168 valence electrons. The molecule has 6 nitrogen and oxygen atoms in total. The lowest BCUT2D eigenvalue weighted by Gasteiger charge is -2.17. The number of benzene rings is 3. The SMILES string of the molecule is COc1ccccc1NC1=C(c2ccccc2)C(=O)N(c2ccc(OC(F)(F)F)cc2)C1=O. The highest BCUT2D eigenvalue weighted by Gasteiger charge is 2.40. The van der Waals surface area contributed by atoms with E-state index in [1.165, 1.54) is 19.2 Å². The molecule has 0 spiro atoms. The summed E-state index contributed by atoms with van der Waals surface area (Å²) in [7, 11) is 1.48. The van der Waals surface area contributed by atoms with Crippen LogP contribution in [0.25, 0.3) is 5.57 Å². The molecule has 4 rings (SSSR count). The number of anilines is 2. The lowest BCUT2D eigenvalue weighted by atomic mass is 10.0. The predicted octanol–water partition coefficient (Wildman–Crippen LogP) is 4.99. The van der Waals surface area contributed by atoms with E-state index in [1.54, 1.807) is 54.6 Å². The Balaban J connectivity index is 1.74. The van der Waals surface area contributed by atoms with Crippen molar-refractivity contribution in [1.82, 2.24) is 0 Å². The average molecular weight is 454 g/mol. The number of methoxy groups -OCH3 is 1. The number of nitrogens with one attached hydrogen (secondary N) is 1. The van der Waals surface area contributed by atoms with Crippen LogP contribution in [0.15, 0.2) is 84.6 Å². The van der Waals surface area contributed by atoms with Gasteiger partial charge in [0.1, 0.15) is 17.2 Å². The van der Waals surface area contributed by atoms with E-state index in [4.69, 9.17) is 4.74 Å².